The van der Waals surface area contributed by atoms with E-state index in [4.69, 9.17) is 4.74 Å². The molecular formula is C19H24F3N3O2. The highest BCUT2D eigenvalue weighted by molar-refractivity contribution is 5.91. The molecule has 0 bridgehead atoms. The summed E-state index contributed by atoms with van der Waals surface area (Å²) in [4.78, 5) is 18.0. The first-order valence-electron chi connectivity index (χ1n) is 8.70. The van der Waals surface area contributed by atoms with Crippen LogP contribution in [0.5, 0.6) is 0 Å². The third-order valence-electron chi connectivity index (χ3n) is 4.18. The number of hydrogen-bond donors (Lipinski definition) is 1. The molecule has 0 aromatic carbocycles. The van der Waals surface area contributed by atoms with Gasteiger partial charge in [-0.1, -0.05) is 13.8 Å². The van der Waals surface area contributed by atoms with E-state index in [9.17, 15) is 18.0 Å². The molecule has 1 N–H and O–H groups in total. The minimum Gasteiger partial charge on any atom is -0.484 e. The van der Waals surface area contributed by atoms with Gasteiger partial charge in [0.05, 0.1) is 6.04 Å². The van der Waals surface area contributed by atoms with Crippen LogP contribution >= 0.6 is 0 Å². The smallest absolute Gasteiger partial charge is 0.422 e. The molecular weight excluding hydrogens is 359 g/mol. The summed E-state index contributed by atoms with van der Waals surface area (Å²) in [5, 5.41) is 2.76. The zero-order valence-electron chi connectivity index (χ0n) is 15.7. The number of ether oxygens (including phenoxy) is 1. The number of nitrogens with zero attached hydrogens (tertiary/aromatic N) is 2. The molecule has 0 spiro atoms. The predicted octanol–water partition coefficient (Wildman–Crippen LogP) is 4.42. The Labute approximate surface area is 156 Å². The van der Waals surface area contributed by atoms with E-state index in [0.29, 0.717) is 5.82 Å². The maximum absolute atomic E-state index is 12.3. The predicted molar refractivity (Wildman–Crippen MR) is 96.7 cm³/mol. The van der Waals surface area contributed by atoms with E-state index in [1.807, 2.05) is 24.8 Å². The first-order chi connectivity index (χ1) is 12.6. The average molecular weight is 383 g/mol. The van der Waals surface area contributed by atoms with Gasteiger partial charge >= 0.3 is 6.18 Å². The number of nitrogens with one attached hydrogen (secondary N) is 1. The van der Waals surface area contributed by atoms with Crippen molar-refractivity contribution in [3.8, 4) is 0 Å². The van der Waals surface area contributed by atoms with Crippen LogP contribution in [0.15, 0.2) is 42.4 Å². The fourth-order valence-electron chi connectivity index (χ4n) is 2.64. The molecule has 1 aromatic rings. The second-order valence-electron chi connectivity index (χ2n) is 6.77. The number of hydrogen-bond acceptors (Lipinski definition) is 4. The van der Waals surface area contributed by atoms with Gasteiger partial charge in [-0.3, -0.25) is 4.79 Å². The van der Waals surface area contributed by atoms with E-state index in [2.05, 4.69) is 10.3 Å². The lowest BCUT2D eigenvalue weighted by atomic mass is 10.0. The number of halogens is 3. The Morgan fingerprint density at radius 3 is 2.67 bits per heavy atom. The highest BCUT2D eigenvalue weighted by atomic mass is 19.4. The standard InChI is InChI=1S/C19H24F3N3O2/c1-12(2)18(26)24-17-10-15(5-7-23-17)14(4)25-8-6-16(9-13(25)3)27-11-19(20,21)22/h5-10,12-14H,11H2,1-4H3,(H,23,24,26). The fraction of sp³-hybridized carbons (Fsp3) is 0.474. The molecule has 1 aromatic heterocycles. The second-order valence-corrected chi connectivity index (χ2v) is 6.77. The van der Waals surface area contributed by atoms with Crippen molar-refractivity contribution in [2.45, 2.75) is 46.0 Å². The van der Waals surface area contributed by atoms with Crippen LogP contribution in [0.1, 0.15) is 39.3 Å². The fourth-order valence-corrected chi connectivity index (χ4v) is 2.64. The number of anilines is 1. The minimum absolute atomic E-state index is 0.0747. The highest BCUT2D eigenvalue weighted by Gasteiger charge is 2.29. The molecule has 0 saturated heterocycles. The summed E-state index contributed by atoms with van der Waals surface area (Å²) in [6, 6.07) is 3.41. The van der Waals surface area contributed by atoms with Crippen LogP contribution in [-0.4, -0.2) is 34.6 Å². The zero-order valence-corrected chi connectivity index (χ0v) is 15.7. The molecule has 2 rings (SSSR count). The van der Waals surface area contributed by atoms with Gasteiger partial charge in [-0.05, 0) is 43.7 Å². The molecule has 0 aliphatic carbocycles. The van der Waals surface area contributed by atoms with Gasteiger partial charge in [0.15, 0.2) is 6.61 Å². The van der Waals surface area contributed by atoms with E-state index in [-0.39, 0.29) is 29.7 Å². The first kappa shape index (κ1) is 20.8. The van der Waals surface area contributed by atoms with Gasteiger partial charge in [-0.25, -0.2) is 4.98 Å². The molecule has 0 saturated carbocycles. The second kappa shape index (κ2) is 8.45. The molecule has 1 amide bonds. The molecule has 8 heteroatoms. The number of pyridine rings is 1. The SMILES string of the molecule is CC(C)C(=O)Nc1cc(C(C)N2C=CC(OCC(F)(F)F)=CC2C)ccn1. The van der Waals surface area contributed by atoms with Crippen molar-refractivity contribution in [2.24, 2.45) is 5.92 Å². The average Bonchev–Trinajstić information content (AvgIpc) is 2.59. The lowest BCUT2D eigenvalue weighted by Gasteiger charge is -2.35. The molecule has 2 heterocycles. The third-order valence-corrected chi connectivity index (χ3v) is 4.18. The number of rotatable bonds is 6. The quantitative estimate of drug-likeness (QED) is 0.790. The Balaban J connectivity index is 2.06. The van der Waals surface area contributed by atoms with E-state index in [1.54, 1.807) is 38.4 Å². The van der Waals surface area contributed by atoms with Gasteiger partial charge in [0.25, 0.3) is 0 Å². The number of amides is 1. The number of carbonyl (C=O) groups excluding carboxylic acids is 1. The summed E-state index contributed by atoms with van der Waals surface area (Å²) in [6.45, 7) is 6.13. The van der Waals surface area contributed by atoms with Crippen LogP contribution in [0.2, 0.25) is 0 Å². The lowest BCUT2D eigenvalue weighted by molar-refractivity contribution is -0.164. The molecule has 5 nitrogen and oxygen atoms in total. The zero-order chi connectivity index (χ0) is 20.2. The van der Waals surface area contributed by atoms with Gasteiger partial charge in [-0.2, -0.15) is 13.2 Å². The normalized spacial score (nSPS) is 18.3. The van der Waals surface area contributed by atoms with Crippen molar-refractivity contribution in [3.63, 3.8) is 0 Å². The Morgan fingerprint density at radius 1 is 1.37 bits per heavy atom. The van der Waals surface area contributed by atoms with Crippen molar-refractivity contribution >= 4 is 11.7 Å². The van der Waals surface area contributed by atoms with Crippen molar-refractivity contribution in [1.82, 2.24) is 9.88 Å². The van der Waals surface area contributed by atoms with Gasteiger partial charge in [-0.15, -0.1) is 0 Å². The van der Waals surface area contributed by atoms with Crippen LogP contribution in [0.4, 0.5) is 19.0 Å². The Morgan fingerprint density at radius 2 is 2.07 bits per heavy atom. The number of allylic oxidation sites excluding steroid dienone is 1. The molecule has 1 aliphatic heterocycles. The minimum atomic E-state index is -4.36. The largest absolute Gasteiger partial charge is 0.484 e. The monoisotopic (exact) mass is 383 g/mol. The summed E-state index contributed by atoms with van der Waals surface area (Å²) < 4.78 is 41.7. The molecule has 2 unspecified atom stereocenters. The van der Waals surface area contributed by atoms with E-state index >= 15 is 0 Å². The lowest BCUT2D eigenvalue weighted by Crippen LogP contribution is -2.32. The maximum Gasteiger partial charge on any atom is 0.422 e. The maximum atomic E-state index is 12.3. The third kappa shape index (κ3) is 6.01. The van der Waals surface area contributed by atoms with Gasteiger partial charge in [0, 0.05) is 24.4 Å². The molecule has 0 fully saturated rings. The van der Waals surface area contributed by atoms with Crippen LogP contribution in [-0.2, 0) is 9.53 Å². The first-order valence-corrected chi connectivity index (χ1v) is 8.70. The molecule has 0 radical (unpaired) electrons. The Kier molecular flexibility index (Phi) is 6.51. The number of alkyl halides is 3. The molecule has 27 heavy (non-hydrogen) atoms. The topological polar surface area (TPSA) is 54.5 Å². The summed E-state index contributed by atoms with van der Waals surface area (Å²) in [5.74, 6) is 0.394. The molecule has 2 atom stereocenters. The molecule has 148 valence electrons. The van der Waals surface area contributed by atoms with Gasteiger partial charge in [0.2, 0.25) is 5.91 Å². The van der Waals surface area contributed by atoms with Crippen molar-refractivity contribution in [2.75, 3.05) is 11.9 Å². The van der Waals surface area contributed by atoms with Gasteiger partial charge in [0.1, 0.15) is 11.6 Å². The summed E-state index contributed by atoms with van der Waals surface area (Å²) >= 11 is 0. The van der Waals surface area contributed by atoms with E-state index in [1.165, 1.54) is 6.08 Å². The highest BCUT2D eigenvalue weighted by Crippen LogP contribution is 2.28. The van der Waals surface area contributed by atoms with Crippen LogP contribution in [0.25, 0.3) is 0 Å². The van der Waals surface area contributed by atoms with Crippen molar-refractivity contribution in [1.29, 1.82) is 0 Å². The van der Waals surface area contributed by atoms with Gasteiger partial charge < -0.3 is 15.0 Å². The van der Waals surface area contributed by atoms with E-state index < -0.39 is 12.8 Å². The Bertz CT molecular complexity index is 729. The summed E-state index contributed by atoms with van der Waals surface area (Å²) in [5.41, 5.74) is 0.925. The van der Waals surface area contributed by atoms with Crippen molar-refractivity contribution in [3.05, 3.63) is 48.0 Å². The summed E-state index contributed by atoms with van der Waals surface area (Å²) in [6.07, 6.45) is 2.13. The van der Waals surface area contributed by atoms with Crippen molar-refractivity contribution < 1.29 is 22.7 Å². The number of aromatic nitrogens is 1. The Hall–Kier alpha value is -2.51. The summed E-state index contributed by atoms with van der Waals surface area (Å²) in [7, 11) is 0. The number of carbonyl (C=O) groups is 1. The van der Waals surface area contributed by atoms with Crippen LogP contribution in [0.3, 0.4) is 0 Å². The molecule has 1 aliphatic rings. The van der Waals surface area contributed by atoms with E-state index in [0.717, 1.165) is 5.56 Å². The van der Waals surface area contributed by atoms with Crippen LogP contribution in [0, 0.1) is 5.92 Å². The van der Waals surface area contributed by atoms with Crippen LogP contribution < -0.4 is 5.32 Å².